The van der Waals surface area contributed by atoms with E-state index in [2.05, 4.69) is 21.7 Å². The van der Waals surface area contributed by atoms with Gasteiger partial charge in [0.15, 0.2) is 5.82 Å². The normalized spacial score (nSPS) is 11.5. The number of imidazole rings is 1. The van der Waals surface area contributed by atoms with Gasteiger partial charge in [-0.2, -0.15) is 5.26 Å². The van der Waals surface area contributed by atoms with E-state index in [1.165, 1.54) is 0 Å². The second-order valence-electron chi connectivity index (χ2n) is 6.74. The highest BCUT2D eigenvalue weighted by Gasteiger charge is 2.17. The Kier molecular flexibility index (Phi) is 4.61. The highest BCUT2D eigenvalue weighted by molar-refractivity contribution is 5.79. The molecule has 0 aliphatic rings. The van der Waals surface area contributed by atoms with Crippen LogP contribution in [-0.4, -0.2) is 14.5 Å². The SMILES string of the molecule is CC(C)(C#N)CCCCn1c(-c2ccccn2)nc2ccccc21. The van der Waals surface area contributed by atoms with Gasteiger partial charge in [0.05, 0.1) is 22.5 Å². The summed E-state index contributed by atoms with van der Waals surface area (Å²) >= 11 is 0. The summed E-state index contributed by atoms with van der Waals surface area (Å²) in [6.45, 7) is 4.88. The van der Waals surface area contributed by atoms with Crippen LogP contribution in [-0.2, 0) is 6.54 Å². The lowest BCUT2D eigenvalue weighted by atomic mass is 9.89. The minimum absolute atomic E-state index is 0.249. The maximum Gasteiger partial charge on any atom is 0.159 e. The minimum Gasteiger partial charge on any atom is -0.323 e. The molecule has 4 heteroatoms. The molecule has 0 aliphatic heterocycles. The van der Waals surface area contributed by atoms with Crippen LogP contribution in [0.3, 0.4) is 0 Å². The largest absolute Gasteiger partial charge is 0.323 e. The van der Waals surface area contributed by atoms with Crippen LogP contribution in [0.1, 0.15) is 33.1 Å². The second kappa shape index (κ2) is 6.84. The van der Waals surface area contributed by atoms with Crippen molar-refractivity contribution in [2.75, 3.05) is 0 Å². The first-order chi connectivity index (χ1) is 11.6. The Bertz CT molecular complexity index is 856. The van der Waals surface area contributed by atoms with Crippen LogP contribution in [0.25, 0.3) is 22.6 Å². The number of para-hydroxylation sites is 2. The second-order valence-corrected chi connectivity index (χ2v) is 6.74. The fourth-order valence-electron chi connectivity index (χ4n) is 2.89. The first kappa shape index (κ1) is 16.2. The molecule has 0 bridgehead atoms. The van der Waals surface area contributed by atoms with E-state index in [0.29, 0.717) is 0 Å². The number of hydrogen-bond donors (Lipinski definition) is 0. The van der Waals surface area contributed by atoms with Crippen molar-refractivity contribution in [1.29, 1.82) is 5.26 Å². The number of benzene rings is 1. The van der Waals surface area contributed by atoms with Crippen LogP contribution < -0.4 is 0 Å². The summed E-state index contributed by atoms with van der Waals surface area (Å²) in [5.74, 6) is 0.913. The summed E-state index contributed by atoms with van der Waals surface area (Å²) in [6.07, 6.45) is 4.75. The van der Waals surface area contributed by atoms with Gasteiger partial charge in [0, 0.05) is 12.7 Å². The van der Waals surface area contributed by atoms with Crippen LogP contribution in [0, 0.1) is 16.7 Å². The molecule has 3 rings (SSSR count). The number of aryl methyl sites for hydroxylation is 1. The Morgan fingerprint density at radius 2 is 1.88 bits per heavy atom. The highest BCUT2D eigenvalue weighted by atomic mass is 15.1. The van der Waals surface area contributed by atoms with Crippen molar-refractivity contribution in [3.8, 4) is 17.6 Å². The van der Waals surface area contributed by atoms with Crippen LogP contribution in [0.15, 0.2) is 48.7 Å². The number of hydrogen-bond acceptors (Lipinski definition) is 3. The third-order valence-electron chi connectivity index (χ3n) is 4.28. The summed E-state index contributed by atoms with van der Waals surface area (Å²) in [4.78, 5) is 9.23. The van der Waals surface area contributed by atoms with E-state index in [1.807, 2.05) is 50.2 Å². The smallest absolute Gasteiger partial charge is 0.159 e. The molecule has 0 unspecified atom stereocenters. The standard InChI is InChI=1S/C20H22N4/c1-20(2,15-21)12-6-8-14-24-18-11-4-3-9-16(18)23-19(24)17-10-5-7-13-22-17/h3-5,7,9-11,13H,6,8,12,14H2,1-2H3. The molecule has 2 heterocycles. The molecule has 0 spiro atoms. The lowest BCUT2D eigenvalue weighted by Crippen LogP contribution is -2.08. The van der Waals surface area contributed by atoms with Gasteiger partial charge in [-0.3, -0.25) is 4.98 Å². The lowest BCUT2D eigenvalue weighted by molar-refractivity contribution is 0.418. The summed E-state index contributed by atoms with van der Waals surface area (Å²) < 4.78 is 2.25. The van der Waals surface area contributed by atoms with E-state index in [-0.39, 0.29) is 5.41 Å². The van der Waals surface area contributed by atoms with Crippen molar-refractivity contribution in [2.24, 2.45) is 5.41 Å². The molecule has 3 aromatic rings. The lowest BCUT2D eigenvalue weighted by Gasteiger charge is -2.15. The average Bonchev–Trinajstić information content (AvgIpc) is 2.98. The Hall–Kier alpha value is -2.67. The molecule has 0 amide bonds. The Balaban J connectivity index is 1.85. The van der Waals surface area contributed by atoms with E-state index in [9.17, 15) is 0 Å². The highest BCUT2D eigenvalue weighted by Crippen LogP contribution is 2.26. The number of pyridine rings is 1. The number of nitrogens with zero attached hydrogens (tertiary/aromatic N) is 4. The molecule has 2 aromatic heterocycles. The molecule has 0 aliphatic carbocycles. The predicted molar refractivity (Wildman–Crippen MR) is 96.2 cm³/mol. The number of nitriles is 1. The van der Waals surface area contributed by atoms with Gasteiger partial charge in [-0.25, -0.2) is 4.98 Å². The summed E-state index contributed by atoms with van der Waals surface area (Å²) in [5.41, 5.74) is 2.78. The average molecular weight is 318 g/mol. The molecular weight excluding hydrogens is 296 g/mol. The predicted octanol–water partition coefficient (Wildman–Crippen LogP) is 4.82. The number of aromatic nitrogens is 3. The van der Waals surface area contributed by atoms with Gasteiger partial charge < -0.3 is 4.57 Å². The topological polar surface area (TPSA) is 54.5 Å². The molecular formula is C20H22N4. The van der Waals surface area contributed by atoms with Gasteiger partial charge in [0.25, 0.3) is 0 Å². The molecule has 0 radical (unpaired) electrons. The molecule has 24 heavy (non-hydrogen) atoms. The number of unbranched alkanes of at least 4 members (excludes halogenated alkanes) is 1. The van der Waals surface area contributed by atoms with Gasteiger partial charge in [-0.15, -0.1) is 0 Å². The zero-order valence-electron chi connectivity index (χ0n) is 14.2. The molecule has 0 fully saturated rings. The van der Waals surface area contributed by atoms with Crippen LogP contribution in [0.4, 0.5) is 0 Å². The zero-order valence-corrected chi connectivity index (χ0v) is 14.2. The molecule has 0 saturated carbocycles. The minimum atomic E-state index is -0.249. The zero-order chi connectivity index (χ0) is 17.0. The van der Waals surface area contributed by atoms with Gasteiger partial charge >= 0.3 is 0 Å². The van der Waals surface area contributed by atoms with E-state index in [1.54, 1.807) is 6.20 Å². The molecule has 1 aromatic carbocycles. The van der Waals surface area contributed by atoms with E-state index >= 15 is 0 Å². The van der Waals surface area contributed by atoms with E-state index in [0.717, 1.165) is 48.4 Å². The third-order valence-corrected chi connectivity index (χ3v) is 4.28. The van der Waals surface area contributed by atoms with Crippen LogP contribution >= 0.6 is 0 Å². The van der Waals surface area contributed by atoms with Gasteiger partial charge in [-0.05, 0) is 51.0 Å². The quantitative estimate of drug-likeness (QED) is 0.612. The third kappa shape index (κ3) is 3.46. The monoisotopic (exact) mass is 318 g/mol. The molecule has 4 nitrogen and oxygen atoms in total. The van der Waals surface area contributed by atoms with Gasteiger partial charge in [-0.1, -0.05) is 24.6 Å². The van der Waals surface area contributed by atoms with Crippen molar-refractivity contribution in [3.05, 3.63) is 48.7 Å². The van der Waals surface area contributed by atoms with E-state index < -0.39 is 0 Å². The number of rotatable bonds is 6. The Morgan fingerprint density at radius 1 is 1.08 bits per heavy atom. The van der Waals surface area contributed by atoms with Gasteiger partial charge in [0.1, 0.15) is 5.69 Å². The van der Waals surface area contributed by atoms with Crippen molar-refractivity contribution >= 4 is 11.0 Å². The Morgan fingerprint density at radius 3 is 2.62 bits per heavy atom. The summed E-state index contributed by atoms with van der Waals surface area (Å²) in [5, 5.41) is 9.14. The van der Waals surface area contributed by atoms with Gasteiger partial charge in [0.2, 0.25) is 0 Å². The number of fused-ring (bicyclic) bond motifs is 1. The fourth-order valence-corrected chi connectivity index (χ4v) is 2.89. The van der Waals surface area contributed by atoms with Crippen molar-refractivity contribution in [1.82, 2.24) is 14.5 Å². The maximum absolute atomic E-state index is 9.14. The first-order valence-electron chi connectivity index (χ1n) is 8.39. The molecule has 122 valence electrons. The summed E-state index contributed by atoms with van der Waals surface area (Å²) in [7, 11) is 0. The van der Waals surface area contributed by atoms with Crippen LogP contribution in [0.5, 0.6) is 0 Å². The maximum atomic E-state index is 9.14. The molecule has 0 saturated heterocycles. The van der Waals surface area contributed by atoms with E-state index in [4.69, 9.17) is 10.2 Å². The fraction of sp³-hybridized carbons (Fsp3) is 0.350. The van der Waals surface area contributed by atoms with Crippen molar-refractivity contribution < 1.29 is 0 Å². The van der Waals surface area contributed by atoms with Crippen molar-refractivity contribution in [2.45, 2.75) is 39.7 Å². The first-order valence-corrected chi connectivity index (χ1v) is 8.39. The van der Waals surface area contributed by atoms with Crippen LogP contribution in [0.2, 0.25) is 0 Å². The summed E-state index contributed by atoms with van der Waals surface area (Å²) in [6, 6.07) is 16.5. The molecule has 0 N–H and O–H groups in total. The Labute approximate surface area is 142 Å². The van der Waals surface area contributed by atoms with Crippen molar-refractivity contribution in [3.63, 3.8) is 0 Å². The molecule has 0 atom stereocenters.